The van der Waals surface area contributed by atoms with Gasteiger partial charge >= 0.3 is 6.18 Å². The van der Waals surface area contributed by atoms with Crippen LogP contribution < -0.4 is 10.0 Å². The number of hydrogen-bond acceptors (Lipinski definition) is 3. The van der Waals surface area contributed by atoms with Crippen LogP contribution in [0.15, 0.2) is 0 Å². The van der Waals surface area contributed by atoms with Gasteiger partial charge in [0.25, 0.3) is 0 Å². The second kappa shape index (κ2) is 6.90. The second-order valence-corrected chi connectivity index (χ2v) is 6.87. The summed E-state index contributed by atoms with van der Waals surface area (Å²) in [6, 6.07) is -0.234. The van der Waals surface area contributed by atoms with Crippen molar-refractivity contribution in [1.29, 1.82) is 0 Å². The lowest BCUT2D eigenvalue weighted by Crippen LogP contribution is -2.50. The first-order valence-corrected chi connectivity index (χ1v) is 8.15. The summed E-state index contributed by atoms with van der Waals surface area (Å²) >= 11 is 0. The Labute approximate surface area is 112 Å². The standard InChI is InChI=1S/C11H21F3N2O2S/c1-9(10-5-2-3-7-15-10)16-19(17,18)8-4-6-11(12,13)14/h9-10,15-16H,2-8H2,1H3. The summed E-state index contributed by atoms with van der Waals surface area (Å²) in [5, 5.41) is 3.21. The molecule has 8 heteroatoms. The summed E-state index contributed by atoms with van der Waals surface area (Å²) in [5.74, 6) is -0.483. The van der Waals surface area contributed by atoms with Crippen molar-refractivity contribution in [2.45, 2.75) is 57.3 Å². The van der Waals surface area contributed by atoms with Gasteiger partial charge in [-0.25, -0.2) is 13.1 Å². The van der Waals surface area contributed by atoms with Crippen molar-refractivity contribution in [3.8, 4) is 0 Å². The van der Waals surface area contributed by atoms with Crippen molar-refractivity contribution in [1.82, 2.24) is 10.0 Å². The molecule has 1 saturated heterocycles. The maximum Gasteiger partial charge on any atom is 0.389 e. The normalized spacial score (nSPS) is 23.3. The molecular weight excluding hydrogens is 281 g/mol. The minimum Gasteiger partial charge on any atom is -0.312 e. The molecule has 1 aliphatic rings. The van der Waals surface area contributed by atoms with E-state index in [1.54, 1.807) is 6.92 Å². The van der Waals surface area contributed by atoms with Crippen molar-refractivity contribution in [2.24, 2.45) is 0 Å². The molecule has 0 saturated carbocycles. The zero-order valence-electron chi connectivity index (χ0n) is 11.0. The van der Waals surface area contributed by atoms with Gasteiger partial charge in [-0.2, -0.15) is 13.2 Å². The van der Waals surface area contributed by atoms with Crippen molar-refractivity contribution in [2.75, 3.05) is 12.3 Å². The van der Waals surface area contributed by atoms with E-state index in [0.717, 1.165) is 25.8 Å². The van der Waals surface area contributed by atoms with E-state index in [2.05, 4.69) is 10.0 Å². The third-order valence-electron chi connectivity index (χ3n) is 3.19. The number of sulfonamides is 1. The zero-order valence-corrected chi connectivity index (χ0v) is 11.8. The fraction of sp³-hybridized carbons (Fsp3) is 1.00. The first kappa shape index (κ1) is 16.7. The van der Waals surface area contributed by atoms with E-state index in [0.29, 0.717) is 0 Å². The predicted molar refractivity (Wildman–Crippen MR) is 67.3 cm³/mol. The zero-order chi connectivity index (χ0) is 14.5. The Morgan fingerprint density at radius 3 is 2.58 bits per heavy atom. The molecule has 1 aliphatic heterocycles. The Morgan fingerprint density at radius 2 is 2.05 bits per heavy atom. The lowest BCUT2D eigenvalue weighted by atomic mass is 10.00. The largest absolute Gasteiger partial charge is 0.389 e. The van der Waals surface area contributed by atoms with Crippen LogP contribution in [0.4, 0.5) is 13.2 Å². The Kier molecular flexibility index (Phi) is 6.07. The molecule has 2 atom stereocenters. The number of halogens is 3. The van der Waals surface area contributed by atoms with Gasteiger partial charge in [0.15, 0.2) is 0 Å². The van der Waals surface area contributed by atoms with Crippen LogP contribution in [0.1, 0.15) is 39.0 Å². The van der Waals surface area contributed by atoms with Gasteiger partial charge in [-0.1, -0.05) is 6.42 Å². The maximum atomic E-state index is 12.0. The highest BCUT2D eigenvalue weighted by Crippen LogP contribution is 2.21. The van der Waals surface area contributed by atoms with Gasteiger partial charge in [-0.3, -0.25) is 0 Å². The summed E-state index contributed by atoms with van der Waals surface area (Å²) in [4.78, 5) is 0. The minimum atomic E-state index is -4.30. The van der Waals surface area contributed by atoms with Crippen molar-refractivity contribution < 1.29 is 21.6 Å². The van der Waals surface area contributed by atoms with E-state index in [9.17, 15) is 21.6 Å². The fourth-order valence-corrected chi connectivity index (χ4v) is 3.57. The number of piperidine rings is 1. The molecule has 2 N–H and O–H groups in total. The maximum absolute atomic E-state index is 12.0. The number of nitrogens with one attached hydrogen (secondary N) is 2. The van der Waals surface area contributed by atoms with Crippen LogP contribution in [0.2, 0.25) is 0 Å². The first-order chi connectivity index (χ1) is 8.70. The van der Waals surface area contributed by atoms with E-state index in [1.165, 1.54) is 0 Å². The fourth-order valence-electron chi connectivity index (χ4n) is 2.19. The monoisotopic (exact) mass is 302 g/mol. The first-order valence-electron chi connectivity index (χ1n) is 6.50. The van der Waals surface area contributed by atoms with Crippen molar-refractivity contribution in [3.05, 3.63) is 0 Å². The van der Waals surface area contributed by atoms with Crippen LogP contribution in [-0.4, -0.2) is 39.0 Å². The lowest BCUT2D eigenvalue weighted by Gasteiger charge is -2.29. The second-order valence-electron chi connectivity index (χ2n) is 5.00. The van der Waals surface area contributed by atoms with Crippen molar-refractivity contribution >= 4 is 10.0 Å². The van der Waals surface area contributed by atoms with Crippen LogP contribution in [-0.2, 0) is 10.0 Å². The van der Waals surface area contributed by atoms with E-state index < -0.39 is 34.8 Å². The Bertz CT molecular complexity index is 365. The molecule has 0 aromatic carbocycles. The highest BCUT2D eigenvalue weighted by atomic mass is 32.2. The molecular formula is C11H21F3N2O2S. The molecule has 0 spiro atoms. The molecule has 0 aromatic heterocycles. The molecule has 2 unspecified atom stereocenters. The summed E-state index contributed by atoms with van der Waals surface area (Å²) in [5.41, 5.74) is 0. The highest BCUT2D eigenvalue weighted by molar-refractivity contribution is 7.89. The molecule has 0 aromatic rings. The topological polar surface area (TPSA) is 58.2 Å². The van der Waals surface area contributed by atoms with Crippen LogP contribution in [0, 0.1) is 0 Å². The molecule has 0 aliphatic carbocycles. The summed E-state index contributed by atoms with van der Waals surface area (Å²) < 4.78 is 61.7. The SMILES string of the molecule is CC(NS(=O)(=O)CCCC(F)(F)F)C1CCCCN1. The number of rotatable bonds is 6. The molecule has 4 nitrogen and oxygen atoms in total. The lowest BCUT2D eigenvalue weighted by molar-refractivity contribution is -0.134. The van der Waals surface area contributed by atoms with Gasteiger partial charge in [0.1, 0.15) is 0 Å². The van der Waals surface area contributed by atoms with Crippen LogP contribution in [0.3, 0.4) is 0 Å². The predicted octanol–water partition coefficient (Wildman–Crippen LogP) is 1.78. The van der Waals surface area contributed by atoms with Crippen LogP contribution in [0.25, 0.3) is 0 Å². The number of alkyl halides is 3. The van der Waals surface area contributed by atoms with E-state index in [-0.39, 0.29) is 12.1 Å². The van der Waals surface area contributed by atoms with Crippen molar-refractivity contribution in [3.63, 3.8) is 0 Å². The Hall–Kier alpha value is -0.340. The van der Waals surface area contributed by atoms with E-state index in [4.69, 9.17) is 0 Å². The third kappa shape index (κ3) is 7.12. The van der Waals surface area contributed by atoms with Crippen LogP contribution >= 0.6 is 0 Å². The van der Waals surface area contributed by atoms with Gasteiger partial charge in [-0.05, 0) is 32.7 Å². The Morgan fingerprint density at radius 1 is 1.37 bits per heavy atom. The van der Waals surface area contributed by atoms with Gasteiger partial charge in [0, 0.05) is 18.5 Å². The van der Waals surface area contributed by atoms with Gasteiger partial charge in [-0.15, -0.1) is 0 Å². The Balaban J connectivity index is 2.36. The average molecular weight is 302 g/mol. The minimum absolute atomic E-state index is 0.0612. The smallest absolute Gasteiger partial charge is 0.312 e. The molecule has 19 heavy (non-hydrogen) atoms. The highest BCUT2D eigenvalue weighted by Gasteiger charge is 2.28. The molecule has 114 valence electrons. The summed E-state index contributed by atoms with van der Waals surface area (Å²) in [6.45, 7) is 2.59. The van der Waals surface area contributed by atoms with E-state index >= 15 is 0 Å². The average Bonchev–Trinajstić information content (AvgIpc) is 2.27. The summed E-state index contributed by atoms with van der Waals surface area (Å²) in [7, 11) is -3.64. The van der Waals surface area contributed by atoms with Crippen LogP contribution in [0.5, 0.6) is 0 Å². The number of hydrogen-bond donors (Lipinski definition) is 2. The molecule has 0 amide bonds. The van der Waals surface area contributed by atoms with E-state index in [1.807, 2.05) is 0 Å². The molecule has 1 heterocycles. The van der Waals surface area contributed by atoms with Gasteiger partial charge in [0.05, 0.1) is 5.75 Å². The van der Waals surface area contributed by atoms with Gasteiger partial charge in [0.2, 0.25) is 10.0 Å². The quantitative estimate of drug-likeness (QED) is 0.786. The molecule has 0 radical (unpaired) electrons. The summed E-state index contributed by atoms with van der Waals surface area (Å²) in [6.07, 6.45) is -2.77. The van der Waals surface area contributed by atoms with Gasteiger partial charge < -0.3 is 5.32 Å². The molecule has 1 fully saturated rings. The molecule has 0 bridgehead atoms. The molecule has 1 rings (SSSR count). The third-order valence-corrected chi connectivity index (χ3v) is 4.75.